The molecule has 0 unspecified atom stereocenters. The van der Waals surface area contributed by atoms with E-state index in [1.807, 2.05) is 11.8 Å². The zero-order chi connectivity index (χ0) is 13.8. The van der Waals surface area contributed by atoms with Gasteiger partial charge in [0.1, 0.15) is 0 Å². The first-order chi connectivity index (χ1) is 9.36. The molecule has 0 aromatic heterocycles. The Bertz CT molecular complexity index is 308. The Kier molecular flexibility index (Phi) is 9.92. The average Bonchev–Trinajstić information content (AvgIpc) is 2.45. The molecular weight excluding hydrogens is 250 g/mol. The van der Waals surface area contributed by atoms with Crippen molar-refractivity contribution >= 4 is 11.8 Å². The Labute approximate surface area is 123 Å². The first kappa shape index (κ1) is 16.6. The summed E-state index contributed by atoms with van der Waals surface area (Å²) < 4.78 is 0. The molecule has 0 aliphatic rings. The maximum atomic E-state index is 3.35. The summed E-state index contributed by atoms with van der Waals surface area (Å²) in [5.74, 6) is 1.26. The summed E-state index contributed by atoms with van der Waals surface area (Å²) in [6.07, 6.45) is 8.32. The number of nitrogens with one attached hydrogen (secondary N) is 1. The van der Waals surface area contributed by atoms with E-state index in [0.29, 0.717) is 0 Å². The average molecular weight is 279 g/mol. The lowest BCUT2D eigenvalue weighted by Gasteiger charge is -2.05. The molecule has 1 rings (SSSR count). The number of rotatable bonds is 11. The van der Waals surface area contributed by atoms with Crippen molar-refractivity contribution in [3.05, 3.63) is 29.8 Å². The number of thioether (sulfide) groups is 1. The first-order valence-corrected chi connectivity index (χ1v) is 8.77. The topological polar surface area (TPSA) is 12.0 Å². The van der Waals surface area contributed by atoms with Crippen molar-refractivity contribution in [2.24, 2.45) is 0 Å². The second kappa shape index (κ2) is 11.4. The van der Waals surface area contributed by atoms with E-state index < -0.39 is 0 Å². The van der Waals surface area contributed by atoms with Gasteiger partial charge in [-0.25, -0.2) is 0 Å². The van der Waals surface area contributed by atoms with E-state index in [1.165, 1.54) is 54.7 Å². The zero-order valence-electron chi connectivity index (χ0n) is 12.6. The van der Waals surface area contributed by atoms with Crippen LogP contribution in [0.25, 0.3) is 0 Å². The molecule has 1 aromatic carbocycles. The molecule has 0 heterocycles. The van der Waals surface area contributed by atoms with Crippen LogP contribution in [-0.2, 0) is 6.54 Å². The van der Waals surface area contributed by atoms with Crippen molar-refractivity contribution in [3.63, 3.8) is 0 Å². The third kappa shape index (κ3) is 8.33. The van der Waals surface area contributed by atoms with Crippen LogP contribution in [0.3, 0.4) is 0 Å². The third-order valence-electron chi connectivity index (χ3n) is 3.27. The van der Waals surface area contributed by atoms with Crippen LogP contribution in [0.15, 0.2) is 29.2 Å². The van der Waals surface area contributed by atoms with Gasteiger partial charge in [-0.1, -0.05) is 58.1 Å². The summed E-state index contributed by atoms with van der Waals surface area (Å²) in [6, 6.07) is 9.00. The quantitative estimate of drug-likeness (QED) is 0.438. The van der Waals surface area contributed by atoms with Crippen LogP contribution in [0.1, 0.15) is 57.9 Å². The van der Waals surface area contributed by atoms with Crippen LogP contribution in [0.5, 0.6) is 0 Å². The van der Waals surface area contributed by atoms with Crippen LogP contribution >= 0.6 is 11.8 Å². The Morgan fingerprint density at radius 3 is 2.26 bits per heavy atom. The van der Waals surface area contributed by atoms with Gasteiger partial charge in [0, 0.05) is 11.4 Å². The summed E-state index contributed by atoms with van der Waals surface area (Å²) >= 11 is 2.00. The van der Waals surface area contributed by atoms with E-state index in [0.717, 1.165) is 13.1 Å². The summed E-state index contributed by atoms with van der Waals surface area (Å²) in [5.41, 5.74) is 1.38. The van der Waals surface area contributed by atoms with Crippen molar-refractivity contribution in [1.82, 2.24) is 5.32 Å². The van der Waals surface area contributed by atoms with Crippen molar-refractivity contribution < 1.29 is 0 Å². The molecule has 0 fully saturated rings. The normalized spacial score (nSPS) is 10.8. The molecule has 0 saturated carbocycles. The molecule has 0 radical (unpaired) electrons. The fourth-order valence-electron chi connectivity index (χ4n) is 2.05. The van der Waals surface area contributed by atoms with E-state index in [1.54, 1.807) is 0 Å². The molecule has 108 valence electrons. The monoisotopic (exact) mass is 279 g/mol. The highest BCUT2D eigenvalue weighted by molar-refractivity contribution is 7.99. The van der Waals surface area contributed by atoms with Gasteiger partial charge in [-0.3, -0.25) is 0 Å². The number of benzene rings is 1. The predicted molar refractivity (Wildman–Crippen MR) is 87.9 cm³/mol. The predicted octanol–water partition coefficient (Wildman–Crippen LogP) is 5.25. The Morgan fingerprint density at radius 1 is 0.895 bits per heavy atom. The minimum Gasteiger partial charge on any atom is -0.313 e. The molecular formula is C17H29NS. The van der Waals surface area contributed by atoms with Crippen molar-refractivity contribution in [1.29, 1.82) is 0 Å². The first-order valence-electron chi connectivity index (χ1n) is 7.79. The summed E-state index contributed by atoms with van der Waals surface area (Å²) in [7, 11) is 0. The standard InChI is InChI=1S/C17H29NS/c1-3-5-6-7-8-9-14-19-17-12-10-16(11-13-17)15-18-4-2/h10-13,18H,3-9,14-15H2,1-2H3. The Hall–Kier alpha value is -0.470. The highest BCUT2D eigenvalue weighted by Crippen LogP contribution is 2.20. The fraction of sp³-hybridized carbons (Fsp3) is 0.647. The molecule has 0 saturated heterocycles. The van der Waals surface area contributed by atoms with Crippen LogP contribution < -0.4 is 5.32 Å². The van der Waals surface area contributed by atoms with Gasteiger partial charge in [0.05, 0.1) is 0 Å². The van der Waals surface area contributed by atoms with E-state index in [9.17, 15) is 0 Å². The SMILES string of the molecule is CCCCCCCCSc1ccc(CNCC)cc1. The molecule has 0 bridgehead atoms. The van der Waals surface area contributed by atoms with Gasteiger partial charge in [-0.05, 0) is 36.4 Å². The summed E-state index contributed by atoms with van der Waals surface area (Å²) in [5, 5.41) is 3.35. The van der Waals surface area contributed by atoms with Crippen LogP contribution in [0, 0.1) is 0 Å². The maximum Gasteiger partial charge on any atom is 0.0205 e. The van der Waals surface area contributed by atoms with E-state index in [2.05, 4.69) is 43.4 Å². The van der Waals surface area contributed by atoms with E-state index in [-0.39, 0.29) is 0 Å². The maximum absolute atomic E-state index is 3.35. The highest BCUT2D eigenvalue weighted by atomic mass is 32.2. The van der Waals surface area contributed by atoms with Gasteiger partial charge in [-0.2, -0.15) is 0 Å². The lowest BCUT2D eigenvalue weighted by atomic mass is 10.1. The molecule has 0 amide bonds. The summed E-state index contributed by atoms with van der Waals surface area (Å²) in [6.45, 7) is 6.44. The fourth-order valence-corrected chi connectivity index (χ4v) is 2.96. The Morgan fingerprint density at radius 2 is 1.58 bits per heavy atom. The molecule has 1 N–H and O–H groups in total. The number of hydrogen-bond acceptors (Lipinski definition) is 2. The van der Waals surface area contributed by atoms with Crippen molar-refractivity contribution in [2.45, 2.75) is 63.8 Å². The van der Waals surface area contributed by atoms with Gasteiger partial charge < -0.3 is 5.32 Å². The molecule has 2 heteroatoms. The van der Waals surface area contributed by atoms with Gasteiger partial charge in [0.25, 0.3) is 0 Å². The van der Waals surface area contributed by atoms with Gasteiger partial charge in [0.15, 0.2) is 0 Å². The minimum atomic E-state index is 0.985. The van der Waals surface area contributed by atoms with E-state index in [4.69, 9.17) is 0 Å². The number of unbranched alkanes of at least 4 members (excludes halogenated alkanes) is 5. The molecule has 1 nitrogen and oxygen atoms in total. The van der Waals surface area contributed by atoms with Crippen LogP contribution in [0.2, 0.25) is 0 Å². The third-order valence-corrected chi connectivity index (χ3v) is 4.37. The molecule has 19 heavy (non-hydrogen) atoms. The molecule has 0 aliphatic carbocycles. The molecule has 1 aromatic rings. The minimum absolute atomic E-state index is 0.985. The largest absolute Gasteiger partial charge is 0.313 e. The van der Waals surface area contributed by atoms with Crippen LogP contribution in [-0.4, -0.2) is 12.3 Å². The van der Waals surface area contributed by atoms with Gasteiger partial charge >= 0.3 is 0 Å². The van der Waals surface area contributed by atoms with Crippen molar-refractivity contribution in [2.75, 3.05) is 12.3 Å². The van der Waals surface area contributed by atoms with Crippen molar-refractivity contribution in [3.8, 4) is 0 Å². The zero-order valence-corrected chi connectivity index (χ0v) is 13.4. The molecule has 0 aliphatic heterocycles. The van der Waals surface area contributed by atoms with E-state index >= 15 is 0 Å². The molecule has 0 atom stereocenters. The lowest BCUT2D eigenvalue weighted by Crippen LogP contribution is -2.11. The smallest absolute Gasteiger partial charge is 0.0205 e. The van der Waals surface area contributed by atoms with Gasteiger partial charge in [-0.15, -0.1) is 11.8 Å². The second-order valence-corrected chi connectivity index (χ2v) is 6.21. The second-order valence-electron chi connectivity index (χ2n) is 5.04. The lowest BCUT2D eigenvalue weighted by molar-refractivity contribution is 0.627. The van der Waals surface area contributed by atoms with Crippen LogP contribution in [0.4, 0.5) is 0 Å². The number of hydrogen-bond donors (Lipinski definition) is 1. The highest BCUT2D eigenvalue weighted by Gasteiger charge is 1.96. The van der Waals surface area contributed by atoms with Gasteiger partial charge in [0.2, 0.25) is 0 Å². The Balaban J connectivity index is 2.09. The summed E-state index contributed by atoms with van der Waals surface area (Å²) in [4.78, 5) is 1.41. The molecule has 0 spiro atoms.